The lowest BCUT2D eigenvalue weighted by Crippen LogP contribution is -2.39. The van der Waals surface area contributed by atoms with Gasteiger partial charge in [-0.15, -0.1) is 0 Å². The van der Waals surface area contributed by atoms with Crippen LogP contribution in [0.15, 0.2) is 65.7 Å². The van der Waals surface area contributed by atoms with Gasteiger partial charge in [-0.2, -0.15) is 5.10 Å². The van der Waals surface area contributed by atoms with E-state index in [0.717, 1.165) is 17.3 Å². The van der Waals surface area contributed by atoms with Gasteiger partial charge in [0.25, 0.3) is 5.91 Å². The normalized spacial score (nSPS) is 14.9. The van der Waals surface area contributed by atoms with Gasteiger partial charge in [0, 0.05) is 17.6 Å². The fourth-order valence-corrected chi connectivity index (χ4v) is 3.68. The van der Waals surface area contributed by atoms with E-state index in [4.69, 9.17) is 4.74 Å². The minimum absolute atomic E-state index is 0.00219. The molecule has 0 N–H and O–H groups in total. The predicted molar refractivity (Wildman–Crippen MR) is 105 cm³/mol. The van der Waals surface area contributed by atoms with E-state index in [2.05, 4.69) is 26.0 Å². The van der Waals surface area contributed by atoms with Crippen molar-refractivity contribution in [2.24, 2.45) is 0 Å². The van der Waals surface area contributed by atoms with Gasteiger partial charge in [0.2, 0.25) is 0 Å². The SMILES string of the molecule is O=C(c1ccccc1Oc1cccc(Br)c1)N1CCC(n2cncn2)CC1. The molecule has 7 heteroatoms. The molecule has 6 nitrogen and oxygen atoms in total. The molecular formula is C20H19BrN4O2. The molecule has 0 atom stereocenters. The Labute approximate surface area is 165 Å². The highest BCUT2D eigenvalue weighted by molar-refractivity contribution is 9.10. The van der Waals surface area contributed by atoms with Crippen molar-refractivity contribution >= 4 is 21.8 Å². The Morgan fingerprint density at radius 3 is 2.67 bits per heavy atom. The van der Waals surface area contributed by atoms with Crippen molar-refractivity contribution in [3.05, 3.63) is 71.2 Å². The van der Waals surface area contributed by atoms with Crippen LogP contribution in [0.25, 0.3) is 0 Å². The smallest absolute Gasteiger partial charge is 0.257 e. The summed E-state index contributed by atoms with van der Waals surface area (Å²) in [6.45, 7) is 1.38. The van der Waals surface area contributed by atoms with Crippen molar-refractivity contribution in [3.63, 3.8) is 0 Å². The number of rotatable bonds is 4. The highest BCUT2D eigenvalue weighted by atomic mass is 79.9. The van der Waals surface area contributed by atoms with Crippen LogP contribution in [0.2, 0.25) is 0 Å². The lowest BCUT2D eigenvalue weighted by molar-refractivity contribution is 0.0687. The van der Waals surface area contributed by atoms with Crippen LogP contribution in [0.5, 0.6) is 11.5 Å². The number of hydrogen-bond acceptors (Lipinski definition) is 4. The summed E-state index contributed by atoms with van der Waals surface area (Å²) in [5.41, 5.74) is 0.580. The van der Waals surface area contributed by atoms with Gasteiger partial charge in [0.1, 0.15) is 24.2 Å². The second-order valence-electron chi connectivity index (χ2n) is 6.45. The number of likely N-dealkylation sites (tertiary alicyclic amines) is 1. The molecule has 1 aliphatic rings. The molecule has 1 fully saturated rings. The first-order valence-corrected chi connectivity index (χ1v) is 9.66. The first kappa shape index (κ1) is 17.7. The summed E-state index contributed by atoms with van der Waals surface area (Å²) in [4.78, 5) is 19.0. The standard InChI is InChI=1S/C20H19BrN4O2/c21-15-4-3-5-17(12-15)27-19-7-2-1-6-18(19)20(26)24-10-8-16(9-11-24)25-14-22-13-23-25/h1-7,12-14,16H,8-11H2. The van der Waals surface area contributed by atoms with E-state index in [0.29, 0.717) is 36.2 Å². The maximum atomic E-state index is 13.1. The third kappa shape index (κ3) is 4.03. The molecule has 0 saturated carbocycles. The quantitative estimate of drug-likeness (QED) is 0.623. The Morgan fingerprint density at radius 1 is 1.11 bits per heavy atom. The summed E-state index contributed by atoms with van der Waals surface area (Å²) in [7, 11) is 0. The van der Waals surface area contributed by atoms with Gasteiger partial charge in [-0.1, -0.05) is 34.1 Å². The van der Waals surface area contributed by atoms with Crippen molar-refractivity contribution in [2.75, 3.05) is 13.1 Å². The van der Waals surface area contributed by atoms with E-state index in [1.165, 1.54) is 0 Å². The van der Waals surface area contributed by atoms with Gasteiger partial charge in [0.05, 0.1) is 11.6 Å². The van der Waals surface area contributed by atoms with Gasteiger partial charge in [-0.05, 0) is 43.2 Å². The Balaban J connectivity index is 1.48. The minimum atomic E-state index is -0.00219. The molecule has 3 aromatic rings. The molecular weight excluding hydrogens is 408 g/mol. The molecule has 0 bridgehead atoms. The number of halogens is 1. The number of ether oxygens (including phenoxy) is 1. The van der Waals surface area contributed by atoms with Crippen LogP contribution in [0.3, 0.4) is 0 Å². The lowest BCUT2D eigenvalue weighted by Gasteiger charge is -2.32. The first-order valence-electron chi connectivity index (χ1n) is 8.86. The fraction of sp³-hybridized carbons (Fsp3) is 0.250. The van der Waals surface area contributed by atoms with Gasteiger partial charge in [-0.25, -0.2) is 9.67 Å². The molecule has 0 unspecified atom stereocenters. The lowest BCUT2D eigenvalue weighted by atomic mass is 10.0. The van der Waals surface area contributed by atoms with E-state index < -0.39 is 0 Å². The van der Waals surface area contributed by atoms with Crippen LogP contribution >= 0.6 is 15.9 Å². The van der Waals surface area contributed by atoms with Gasteiger partial charge < -0.3 is 9.64 Å². The topological polar surface area (TPSA) is 60.2 Å². The molecule has 2 heterocycles. The number of carbonyl (C=O) groups is 1. The first-order chi connectivity index (χ1) is 13.2. The molecule has 4 rings (SSSR count). The van der Waals surface area contributed by atoms with E-state index in [1.54, 1.807) is 12.7 Å². The summed E-state index contributed by atoms with van der Waals surface area (Å²) < 4.78 is 8.79. The zero-order chi connectivity index (χ0) is 18.6. The molecule has 1 aliphatic heterocycles. The minimum Gasteiger partial charge on any atom is -0.456 e. The van der Waals surface area contributed by atoms with E-state index in [1.807, 2.05) is 58.1 Å². The molecule has 0 spiro atoms. The van der Waals surface area contributed by atoms with E-state index >= 15 is 0 Å². The molecule has 1 aromatic heterocycles. The average molecular weight is 427 g/mol. The molecule has 0 aliphatic carbocycles. The maximum Gasteiger partial charge on any atom is 0.257 e. The number of benzene rings is 2. The Hall–Kier alpha value is -2.67. The second kappa shape index (κ2) is 7.92. The zero-order valence-corrected chi connectivity index (χ0v) is 16.2. The molecule has 1 saturated heterocycles. The average Bonchev–Trinajstić information content (AvgIpc) is 3.23. The number of aromatic nitrogens is 3. The third-order valence-electron chi connectivity index (χ3n) is 4.70. The van der Waals surface area contributed by atoms with Crippen LogP contribution in [0, 0.1) is 0 Å². The van der Waals surface area contributed by atoms with Crippen LogP contribution in [-0.4, -0.2) is 38.7 Å². The Morgan fingerprint density at radius 2 is 1.93 bits per heavy atom. The molecule has 0 radical (unpaired) electrons. The largest absolute Gasteiger partial charge is 0.456 e. The van der Waals surface area contributed by atoms with Crippen LogP contribution < -0.4 is 4.74 Å². The van der Waals surface area contributed by atoms with Crippen molar-refractivity contribution in [1.82, 2.24) is 19.7 Å². The Bertz CT molecular complexity index is 921. The van der Waals surface area contributed by atoms with Crippen LogP contribution in [0.4, 0.5) is 0 Å². The number of hydrogen-bond donors (Lipinski definition) is 0. The molecule has 138 valence electrons. The van der Waals surface area contributed by atoms with Crippen molar-refractivity contribution in [1.29, 1.82) is 0 Å². The highest BCUT2D eigenvalue weighted by Crippen LogP contribution is 2.29. The summed E-state index contributed by atoms with van der Waals surface area (Å²) in [6.07, 6.45) is 5.02. The van der Waals surface area contributed by atoms with Crippen LogP contribution in [-0.2, 0) is 0 Å². The predicted octanol–water partition coefficient (Wildman–Crippen LogP) is 4.31. The monoisotopic (exact) mass is 426 g/mol. The van der Waals surface area contributed by atoms with Crippen molar-refractivity contribution < 1.29 is 9.53 Å². The zero-order valence-electron chi connectivity index (χ0n) is 14.7. The summed E-state index contributed by atoms with van der Waals surface area (Å²) >= 11 is 3.44. The molecule has 1 amide bonds. The molecule has 27 heavy (non-hydrogen) atoms. The third-order valence-corrected chi connectivity index (χ3v) is 5.20. The summed E-state index contributed by atoms with van der Waals surface area (Å²) in [5, 5.41) is 4.21. The van der Waals surface area contributed by atoms with E-state index in [9.17, 15) is 4.79 Å². The van der Waals surface area contributed by atoms with Gasteiger partial charge in [-0.3, -0.25) is 4.79 Å². The number of nitrogens with zero attached hydrogens (tertiary/aromatic N) is 4. The number of amides is 1. The number of para-hydroxylation sites is 1. The number of carbonyl (C=O) groups excluding carboxylic acids is 1. The van der Waals surface area contributed by atoms with Crippen LogP contribution in [0.1, 0.15) is 29.2 Å². The van der Waals surface area contributed by atoms with Gasteiger partial charge >= 0.3 is 0 Å². The highest BCUT2D eigenvalue weighted by Gasteiger charge is 2.26. The maximum absolute atomic E-state index is 13.1. The van der Waals surface area contributed by atoms with Crippen molar-refractivity contribution in [3.8, 4) is 11.5 Å². The summed E-state index contributed by atoms with van der Waals surface area (Å²) in [5.74, 6) is 1.26. The van der Waals surface area contributed by atoms with E-state index in [-0.39, 0.29) is 5.91 Å². The van der Waals surface area contributed by atoms with Crippen molar-refractivity contribution in [2.45, 2.75) is 18.9 Å². The second-order valence-corrected chi connectivity index (χ2v) is 7.37. The number of piperidine rings is 1. The summed E-state index contributed by atoms with van der Waals surface area (Å²) in [6, 6.07) is 15.3. The Kier molecular flexibility index (Phi) is 5.20. The van der Waals surface area contributed by atoms with Gasteiger partial charge in [0.15, 0.2) is 0 Å². The fourth-order valence-electron chi connectivity index (χ4n) is 3.30. The molecule has 2 aromatic carbocycles.